The molecule has 4 rings (SSSR count). The van der Waals surface area contributed by atoms with Gasteiger partial charge in [-0.1, -0.05) is 6.92 Å². The number of ether oxygens (including phenoxy) is 1. The summed E-state index contributed by atoms with van der Waals surface area (Å²) >= 11 is 0. The molecular weight excluding hydrogens is 370 g/mol. The molecule has 0 aromatic heterocycles. The van der Waals surface area contributed by atoms with E-state index in [2.05, 4.69) is 22.5 Å². The van der Waals surface area contributed by atoms with Crippen molar-refractivity contribution in [2.75, 3.05) is 32.8 Å². The number of nitrogens with zero attached hydrogens (tertiary/aromatic N) is 2. The zero-order valence-corrected chi connectivity index (χ0v) is 17.8. The summed E-state index contributed by atoms with van der Waals surface area (Å²) in [6.07, 6.45) is 4.44. The Bertz CT molecular complexity index is 611. The predicted molar refractivity (Wildman–Crippen MR) is 109 cm³/mol. The van der Waals surface area contributed by atoms with E-state index in [0.29, 0.717) is 24.9 Å². The number of carbonyl (C=O) groups is 2. The number of hydrogen-bond donors (Lipinski definition) is 3. The number of amides is 1. The van der Waals surface area contributed by atoms with E-state index in [9.17, 15) is 9.59 Å². The molecule has 4 fully saturated rings. The minimum absolute atomic E-state index is 0.0817. The van der Waals surface area contributed by atoms with Crippen molar-refractivity contribution in [2.45, 2.75) is 64.4 Å². The maximum absolute atomic E-state index is 13.5. The molecule has 0 aromatic carbocycles. The van der Waals surface area contributed by atoms with E-state index in [4.69, 9.17) is 10.5 Å². The Hall–Kier alpha value is -1.22. The number of nitrogens with one attached hydrogen (secondary N) is 2. The Morgan fingerprint density at radius 3 is 2.86 bits per heavy atom. The van der Waals surface area contributed by atoms with Crippen LogP contribution in [0, 0.1) is 23.7 Å². The highest BCUT2D eigenvalue weighted by Gasteiger charge is 2.53. The molecule has 4 saturated heterocycles. The summed E-state index contributed by atoms with van der Waals surface area (Å²) in [5, 5.41) is 7.22. The van der Waals surface area contributed by atoms with Gasteiger partial charge >= 0.3 is 5.97 Å². The summed E-state index contributed by atoms with van der Waals surface area (Å²) in [6.45, 7) is 7.97. The van der Waals surface area contributed by atoms with Crippen molar-refractivity contribution in [3.63, 3.8) is 0 Å². The molecule has 0 bridgehead atoms. The molecule has 0 aliphatic carbocycles. The summed E-state index contributed by atoms with van der Waals surface area (Å²) in [4.78, 5) is 30.4. The van der Waals surface area contributed by atoms with Gasteiger partial charge in [0.1, 0.15) is 0 Å². The second-order valence-corrected chi connectivity index (χ2v) is 9.40. The minimum Gasteiger partial charge on any atom is -0.466 e. The highest BCUT2D eigenvalue weighted by atomic mass is 16.5. The molecule has 4 aliphatic rings. The normalized spacial score (nSPS) is 40.9. The number of piperidine rings is 3. The van der Waals surface area contributed by atoms with Gasteiger partial charge in [0, 0.05) is 13.1 Å². The van der Waals surface area contributed by atoms with Crippen LogP contribution in [0.25, 0.3) is 0 Å². The Morgan fingerprint density at radius 1 is 1.31 bits per heavy atom. The maximum Gasteiger partial charge on any atom is 0.311 e. The van der Waals surface area contributed by atoms with Gasteiger partial charge in [0.05, 0.1) is 36.9 Å². The fourth-order valence-corrected chi connectivity index (χ4v) is 5.72. The SMILES string of the molecule is CCOC(=O)C1CC2C(=O)N3CC(C)CCC3NC2N(CC2CCCNC2)C1N. The lowest BCUT2D eigenvalue weighted by Crippen LogP contribution is -2.75. The molecule has 4 N–H and O–H groups in total. The second kappa shape index (κ2) is 8.88. The van der Waals surface area contributed by atoms with E-state index in [-0.39, 0.29) is 30.1 Å². The molecule has 4 aliphatic heterocycles. The molecule has 29 heavy (non-hydrogen) atoms. The predicted octanol–water partition coefficient (Wildman–Crippen LogP) is 0.286. The molecule has 0 aromatic rings. The summed E-state index contributed by atoms with van der Waals surface area (Å²) in [7, 11) is 0. The van der Waals surface area contributed by atoms with Gasteiger partial charge in [-0.25, -0.2) is 0 Å². The van der Waals surface area contributed by atoms with Gasteiger partial charge in [-0.2, -0.15) is 0 Å². The van der Waals surface area contributed by atoms with Crippen molar-refractivity contribution in [1.29, 1.82) is 0 Å². The lowest BCUT2D eigenvalue weighted by molar-refractivity contribution is -0.171. The number of hydrogen-bond acceptors (Lipinski definition) is 7. The number of rotatable bonds is 4. The molecule has 4 heterocycles. The third-order valence-corrected chi connectivity index (χ3v) is 7.28. The van der Waals surface area contributed by atoms with Crippen LogP contribution in [-0.4, -0.2) is 73.0 Å². The van der Waals surface area contributed by atoms with Crippen molar-refractivity contribution in [3.05, 3.63) is 0 Å². The Labute approximate surface area is 173 Å². The first-order valence-corrected chi connectivity index (χ1v) is 11.4. The van der Waals surface area contributed by atoms with E-state index in [1.807, 2.05) is 11.8 Å². The molecule has 8 nitrogen and oxygen atoms in total. The lowest BCUT2D eigenvalue weighted by Gasteiger charge is -2.56. The van der Waals surface area contributed by atoms with Gasteiger partial charge < -0.3 is 20.7 Å². The first-order valence-electron chi connectivity index (χ1n) is 11.4. The van der Waals surface area contributed by atoms with Gasteiger partial charge in [0.2, 0.25) is 5.91 Å². The van der Waals surface area contributed by atoms with Crippen LogP contribution in [0.4, 0.5) is 0 Å². The summed E-state index contributed by atoms with van der Waals surface area (Å²) in [5.41, 5.74) is 6.65. The number of esters is 1. The Morgan fingerprint density at radius 2 is 2.14 bits per heavy atom. The largest absolute Gasteiger partial charge is 0.466 e. The van der Waals surface area contributed by atoms with Crippen molar-refractivity contribution in [3.8, 4) is 0 Å². The Balaban J connectivity index is 1.58. The molecule has 164 valence electrons. The van der Waals surface area contributed by atoms with Crippen LogP contribution in [0.15, 0.2) is 0 Å². The van der Waals surface area contributed by atoms with Gasteiger partial charge in [-0.05, 0) is 64.0 Å². The van der Waals surface area contributed by atoms with Crippen molar-refractivity contribution in [1.82, 2.24) is 20.4 Å². The van der Waals surface area contributed by atoms with E-state index in [1.54, 1.807) is 0 Å². The van der Waals surface area contributed by atoms with Crippen LogP contribution < -0.4 is 16.4 Å². The van der Waals surface area contributed by atoms with E-state index in [0.717, 1.165) is 51.9 Å². The average molecular weight is 408 g/mol. The highest BCUT2D eigenvalue weighted by Crippen LogP contribution is 2.38. The fourth-order valence-electron chi connectivity index (χ4n) is 5.72. The monoisotopic (exact) mass is 407 g/mol. The summed E-state index contributed by atoms with van der Waals surface area (Å²) in [6, 6.07) is 0. The molecule has 0 spiro atoms. The minimum atomic E-state index is -0.461. The molecular formula is C21H37N5O3. The van der Waals surface area contributed by atoms with Crippen LogP contribution in [0.1, 0.15) is 46.0 Å². The van der Waals surface area contributed by atoms with Crippen LogP contribution >= 0.6 is 0 Å². The molecule has 0 radical (unpaired) electrons. The zero-order valence-electron chi connectivity index (χ0n) is 17.8. The smallest absolute Gasteiger partial charge is 0.311 e. The van der Waals surface area contributed by atoms with Gasteiger partial charge in [0.15, 0.2) is 0 Å². The van der Waals surface area contributed by atoms with Crippen molar-refractivity contribution in [2.24, 2.45) is 29.4 Å². The maximum atomic E-state index is 13.5. The van der Waals surface area contributed by atoms with Crippen molar-refractivity contribution < 1.29 is 14.3 Å². The lowest BCUT2D eigenvalue weighted by atomic mass is 9.79. The van der Waals surface area contributed by atoms with Crippen LogP contribution in [0.3, 0.4) is 0 Å². The molecule has 8 heteroatoms. The van der Waals surface area contributed by atoms with Gasteiger partial charge in [0.25, 0.3) is 0 Å². The molecule has 1 amide bonds. The summed E-state index contributed by atoms with van der Waals surface area (Å²) < 4.78 is 5.33. The standard InChI is InChI=1S/C21H37N5O3/c1-3-29-21(28)15-9-16-19(24-17-7-6-13(2)11-25(17)20(16)27)26(18(15)22)12-14-5-4-8-23-10-14/h13-19,23-24H,3-12,22H2,1-2H3. The third kappa shape index (κ3) is 4.17. The van der Waals surface area contributed by atoms with Crippen LogP contribution in [0.2, 0.25) is 0 Å². The topological polar surface area (TPSA) is 99.9 Å². The third-order valence-electron chi connectivity index (χ3n) is 7.28. The number of carbonyl (C=O) groups excluding carboxylic acids is 2. The first kappa shape index (κ1) is 21.0. The number of fused-ring (bicyclic) bond motifs is 2. The highest BCUT2D eigenvalue weighted by molar-refractivity contribution is 5.82. The summed E-state index contributed by atoms with van der Waals surface area (Å²) in [5.74, 6) is 0.201. The molecule has 7 atom stereocenters. The zero-order chi connectivity index (χ0) is 20.5. The van der Waals surface area contributed by atoms with Crippen molar-refractivity contribution >= 4 is 11.9 Å². The fraction of sp³-hybridized carbons (Fsp3) is 0.905. The quantitative estimate of drug-likeness (QED) is 0.576. The number of nitrogens with two attached hydrogens (primary N) is 1. The van der Waals surface area contributed by atoms with E-state index < -0.39 is 12.1 Å². The van der Waals surface area contributed by atoms with Crippen LogP contribution in [-0.2, 0) is 14.3 Å². The Kier molecular flexibility index (Phi) is 6.44. The van der Waals surface area contributed by atoms with Crippen LogP contribution in [0.5, 0.6) is 0 Å². The second-order valence-electron chi connectivity index (χ2n) is 9.40. The average Bonchev–Trinajstić information content (AvgIpc) is 2.72. The first-order chi connectivity index (χ1) is 14.0. The van der Waals surface area contributed by atoms with Gasteiger partial charge in [-0.3, -0.25) is 19.8 Å². The number of likely N-dealkylation sites (tertiary alicyclic amines) is 1. The van der Waals surface area contributed by atoms with Gasteiger partial charge in [-0.15, -0.1) is 0 Å². The molecule has 0 saturated carbocycles. The van der Waals surface area contributed by atoms with E-state index >= 15 is 0 Å². The molecule has 7 unspecified atom stereocenters. The van der Waals surface area contributed by atoms with E-state index in [1.165, 1.54) is 0 Å².